The molecule has 0 radical (unpaired) electrons. The summed E-state index contributed by atoms with van der Waals surface area (Å²) in [6.07, 6.45) is 4.03. The van der Waals surface area contributed by atoms with Crippen molar-refractivity contribution in [2.24, 2.45) is 5.92 Å². The van der Waals surface area contributed by atoms with Crippen LogP contribution in [0.15, 0.2) is 6.33 Å². The zero-order valence-corrected chi connectivity index (χ0v) is 13.3. The first-order chi connectivity index (χ1) is 9.00. The number of rotatable bonds is 4. The monoisotopic (exact) mass is 375 g/mol. The van der Waals surface area contributed by atoms with Crippen molar-refractivity contribution < 1.29 is 9.90 Å². The van der Waals surface area contributed by atoms with Gasteiger partial charge in [-0.15, -0.1) is 0 Å². The van der Waals surface area contributed by atoms with E-state index in [4.69, 9.17) is 0 Å². The van der Waals surface area contributed by atoms with Gasteiger partial charge in [-0.1, -0.05) is 13.8 Å². The van der Waals surface area contributed by atoms with Crippen molar-refractivity contribution in [1.29, 1.82) is 0 Å². The molecule has 1 aliphatic heterocycles. The minimum absolute atomic E-state index is 0.449. The second kappa shape index (κ2) is 6.02. The maximum absolute atomic E-state index is 11.3. The number of aromatic nitrogens is 2. The van der Waals surface area contributed by atoms with Crippen LogP contribution < -0.4 is 4.90 Å². The third kappa shape index (κ3) is 3.16. The van der Waals surface area contributed by atoms with Crippen molar-refractivity contribution in [2.45, 2.75) is 39.2 Å². The SMILES string of the molecule is CC(C)Cc1ncnc(N2CCC[C@H]2C(=O)O)c1I. The summed E-state index contributed by atoms with van der Waals surface area (Å²) in [5, 5.41) is 9.26. The van der Waals surface area contributed by atoms with E-state index in [9.17, 15) is 9.90 Å². The Morgan fingerprint density at radius 3 is 2.95 bits per heavy atom. The van der Waals surface area contributed by atoms with Crippen LogP contribution in [-0.4, -0.2) is 33.6 Å². The number of carboxylic acids is 1. The Morgan fingerprint density at radius 2 is 2.32 bits per heavy atom. The number of anilines is 1. The molecule has 1 fully saturated rings. The summed E-state index contributed by atoms with van der Waals surface area (Å²) in [5.74, 6) is 0.526. The van der Waals surface area contributed by atoms with E-state index in [1.54, 1.807) is 6.33 Å². The van der Waals surface area contributed by atoms with Gasteiger partial charge >= 0.3 is 5.97 Å². The van der Waals surface area contributed by atoms with Crippen LogP contribution in [0.25, 0.3) is 0 Å². The van der Waals surface area contributed by atoms with Crippen LogP contribution in [-0.2, 0) is 11.2 Å². The van der Waals surface area contributed by atoms with Gasteiger partial charge in [-0.3, -0.25) is 0 Å². The maximum Gasteiger partial charge on any atom is 0.326 e. The topological polar surface area (TPSA) is 66.3 Å². The predicted molar refractivity (Wildman–Crippen MR) is 81.3 cm³/mol. The lowest BCUT2D eigenvalue weighted by atomic mass is 10.1. The molecule has 0 unspecified atom stereocenters. The Hall–Kier alpha value is -0.920. The number of hydrogen-bond acceptors (Lipinski definition) is 4. The minimum Gasteiger partial charge on any atom is -0.480 e. The molecule has 104 valence electrons. The average Bonchev–Trinajstić information content (AvgIpc) is 2.80. The fraction of sp³-hybridized carbons (Fsp3) is 0.615. The summed E-state index contributed by atoms with van der Waals surface area (Å²) < 4.78 is 0.988. The van der Waals surface area contributed by atoms with E-state index in [2.05, 4.69) is 46.4 Å². The molecule has 1 aliphatic rings. The van der Waals surface area contributed by atoms with Crippen molar-refractivity contribution in [3.05, 3.63) is 15.6 Å². The van der Waals surface area contributed by atoms with Crippen LogP contribution in [0.1, 0.15) is 32.4 Å². The molecule has 1 aromatic rings. The number of nitrogens with zero attached hydrogens (tertiary/aromatic N) is 3. The first-order valence-electron chi connectivity index (χ1n) is 6.49. The van der Waals surface area contributed by atoms with Crippen LogP contribution >= 0.6 is 22.6 Å². The molecule has 1 aromatic heterocycles. The summed E-state index contributed by atoms with van der Waals surface area (Å²) in [5.41, 5.74) is 1.01. The lowest BCUT2D eigenvalue weighted by Gasteiger charge is -2.24. The molecule has 1 atom stereocenters. The third-order valence-corrected chi connectivity index (χ3v) is 4.36. The molecule has 5 nitrogen and oxygen atoms in total. The van der Waals surface area contributed by atoms with E-state index in [-0.39, 0.29) is 0 Å². The summed E-state index contributed by atoms with van der Waals surface area (Å²) in [4.78, 5) is 21.8. The van der Waals surface area contributed by atoms with Gasteiger partial charge in [0.15, 0.2) is 0 Å². The van der Waals surface area contributed by atoms with E-state index in [1.165, 1.54) is 0 Å². The fourth-order valence-corrected chi connectivity index (χ4v) is 3.21. The molecule has 0 spiro atoms. The summed E-state index contributed by atoms with van der Waals surface area (Å²) in [7, 11) is 0. The molecule has 0 aliphatic carbocycles. The number of carbonyl (C=O) groups is 1. The Morgan fingerprint density at radius 1 is 1.58 bits per heavy atom. The predicted octanol–water partition coefficient (Wildman–Crippen LogP) is 2.33. The molecule has 0 aromatic carbocycles. The average molecular weight is 375 g/mol. The van der Waals surface area contributed by atoms with E-state index in [0.717, 1.165) is 34.5 Å². The molecule has 0 saturated carbocycles. The highest BCUT2D eigenvalue weighted by Gasteiger charge is 2.33. The molecule has 2 heterocycles. The molecular formula is C13H18IN3O2. The van der Waals surface area contributed by atoms with Gasteiger partial charge in [-0.25, -0.2) is 14.8 Å². The van der Waals surface area contributed by atoms with E-state index < -0.39 is 12.0 Å². The molecule has 0 bridgehead atoms. The Balaban J connectivity index is 2.32. The highest BCUT2D eigenvalue weighted by Crippen LogP contribution is 2.29. The van der Waals surface area contributed by atoms with Gasteiger partial charge in [-0.2, -0.15) is 0 Å². The summed E-state index contributed by atoms with van der Waals surface area (Å²) in [6.45, 7) is 5.05. The number of aliphatic carboxylic acids is 1. The van der Waals surface area contributed by atoms with Crippen molar-refractivity contribution in [1.82, 2.24) is 9.97 Å². The second-order valence-electron chi connectivity index (χ2n) is 5.25. The number of halogens is 1. The highest BCUT2D eigenvalue weighted by molar-refractivity contribution is 14.1. The number of hydrogen-bond donors (Lipinski definition) is 1. The zero-order valence-electron chi connectivity index (χ0n) is 11.1. The molecule has 1 saturated heterocycles. The number of carboxylic acid groups (broad SMARTS) is 1. The minimum atomic E-state index is -0.766. The van der Waals surface area contributed by atoms with Gasteiger partial charge in [0.2, 0.25) is 0 Å². The molecule has 1 N–H and O–H groups in total. The largest absolute Gasteiger partial charge is 0.480 e. The molecule has 6 heteroatoms. The van der Waals surface area contributed by atoms with Crippen molar-refractivity contribution >= 4 is 34.4 Å². The molecular weight excluding hydrogens is 357 g/mol. The normalized spacial score (nSPS) is 19.2. The van der Waals surface area contributed by atoms with Gasteiger partial charge in [0.25, 0.3) is 0 Å². The van der Waals surface area contributed by atoms with Crippen LogP contribution in [0, 0.1) is 9.49 Å². The Bertz CT molecular complexity index is 479. The van der Waals surface area contributed by atoms with Crippen LogP contribution in [0.5, 0.6) is 0 Å². The van der Waals surface area contributed by atoms with E-state index >= 15 is 0 Å². The zero-order chi connectivity index (χ0) is 14.0. The van der Waals surface area contributed by atoms with Crippen LogP contribution in [0.3, 0.4) is 0 Å². The highest BCUT2D eigenvalue weighted by atomic mass is 127. The summed E-state index contributed by atoms with van der Waals surface area (Å²) >= 11 is 2.24. The molecule has 2 rings (SSSR count). The lowest BCUT2D eigenvalue weighted by molar-refractivity contribution is -0.138. The van der Waals surface area contributed by atoms with E-state index in [1.807, 2.05) is 4.90 Å². The van der Waals surface area contributed by atoms with Gasteiger partial charge in [0.05, 0.1) is 9.26 Å². The van der Waals surface area contributed by atoms with Crippen molar-refractivity contribution in [2.75, 3.05) is 11.4 Å². The third-order valence-electron chi connectivity index (χ3n) is 3.25. The Labute approximate surface area is 126 Å². The van der Waals surface area contributed by atoms with Gasteiger partial charge in [-0.05, 0) is 47.8 Å². The van der Waals surface area contributed by atoms with E-state index in [0.29, 0.717) is 12.3 Å². The Kier molecular flexibility index (Phi) is 4.59. The lowest BCUT2D eigenvalue weighted by Crippen LogP contribution is -2.37. The van der Waals surface area contributed by atoms with Gasteiger partial charge in [0, 0.05) is 6.54 Å². The summed E-state index contributed by atoms with van der Waals surface area (Å²) in [6, 6.07) is -0.449. The standard InChI is InChI=1S/C13H18IN3O2/c1-8(2)6-9-11(14)12(16-7-15-9)17-5-3-4-10(17)13(18)19/h7-8,10H,3-6H2,1-2H3,(H,18,19)/t10-/m0/s1. The maximum atomic E-state index is 11.3. The van der Waals surface area contributed by atoms with Crippen LogP contribution in [0.4, 0.5) is 5.82 Å². The first kappa shape index (κ1) is 14.5. The van der Waals surface area contributed by atoms with Crippen molar-refractivity contribution in [3.8, 4) is 0 Å². The van der Waals surface area contributed by atoms with Crippen molar-refractivity contribution in [3.63, 3.8) is 0 Å². The first-order valence-corrected chi connectivity index (χ1v) is 7.57. The molecule has 0 amide bonds. The van der Waals surface area contributed by atoms with Crippen LogP contribution in [0.2, 0.25) is 0 Å². The molecule has 19 heavy (non-hydrogen) atoms. The quantitative estimate of drug-likeness (QED) is 0.819. The van der Waals surface area contributed by atoms with Gasteiger partial charge < -0.3 is 10.0 Å². The smallest absolute Gasteiger partial charge is 0.326 e. The second-order valence-corrected chi connectivity index (χ2v) is 6.32. The fourth-order valence-electron chi connectivity index (χ4n) is 2.40. The van der Waals surface area contributed by atoms with Gasteiger partial charge in [0.1, 0.15) is 18.2 Å².